The molecule has 300 valence electrons. The molecule has 0 aliphatic heterocycles. The minimum atomic E-state index is -0.129. The average molecular weight is 833 g/mol. The smallest absolute Gasteiger partial charge is 0.251 e. The van der Waals surface area contributed by atoms with Crippen LogP contribution in [0, 0.1) is 0 Å². The fourth-order valence-electron chi connectivity index (χ4n) is 6.63. The van der Waals surface area contributed by atoms with Crippen molar-refractivity contribution in [3.05, 3.63) is 212 Å². The summed E-state index contributed by atoms with van der Waals surface area (Å²) in [5, 5.41) is 9.13. The van der Waals surface area contributed by atoms with Crippen LogP contribution in [0.25, 0.3) is 21.8 Å². The summed E-state index contributed by atoms with van der Waals surface area (Å²) in [5.74, 6) is -0.233. The number of carbonyl (C=O) groups excluding carboxylic acids is 2. The maximum atomic E-state index is 12.6. The molecule has 0 aliphatic rings. The zero-order valence-electron chi connectivity index (χ0n) is 33.0. The van der Waals surface area contributed by atoms with Crippen molar-refractivity contribution in [2.75, 3.05) is 0 Å². The summed E-state index contributed by atoms with van der Waals surface area (Å²) in [4.78, 5) is 42.7. The number of benzene rings is 4. The fourth-order valence-corrected chi connectivity index (χ4v) is 6.97. The molecule has 4 aromatic heterocycles. The van der Waals surface area contributed by atoms with Gasteiger partial charge in [0.1, 0.15) is 0 Å². The Kier molecular flexibility index (Phi) is 13.8. The number of hydrogen-bond acceptors (Lipinski definition) is 7. The molecule has 4 aromatic carbocycles. The van der Waals surface area contributed by atoms with Gasteiger partial charge in [-0.05, 0) is 100 Å². The number of amides is 2. The van der Waals surface area contributed by atoms with Crippen LogP contribution in [0.2, 0.25) is 10.0 Å². The molecule has 0 radical (unpaired) electrons. The number of fused-ring (bicyclic) bond motifs is 2. The number of carbonyl (C=O) groups is 2. The predicted molar refractivity (Wildman–Crippen MR) is 240 cm³/mol. The van der Waals surface area contributed by atoms with Crippen molar-refractivity contribution in [3.63, 3.8) is 0 Å². The standard InChI is InChI=1S/C25H22ClN3O.C24H21ClN4O/c1-2-17-3-5-18(6-4-17)15-29-25(30)20-9-10-27-23(14-20)12-19-7-8-24-21(11-19)13-22(26)16-28-24;25-21-11-20-9-18(5-6-23(20)28-15-21)10-22-12-19(7-8-27-22)24(30)29-14-17-3-1-16(13-26)2-4-17/h3-11,13-14,16H,2,12,15H2,1H3,(H,29,30);1-9,11-12,15H,10,13-14,26H2,(H,29,30). The Morgan fingerprint density at radius 2 is 0.933 bits per heavy atom. The minimum Gasteiger partial charge on any atom is -0.348 e. The number of aromatic nitrogens is 4. The molecule has 0 bridgehead atoms. The summed E-state index contributed by atoms with van der Waals surface area (Å²) in [6, 6.07) is 39.2. The highest BCUT2D eigenvalue weighted by Gasteiger charge is 2.10. The lowest BCUT2D eigenvalue weighted by molar-refractivity contribution is 0.0942. The summed E-state index contributed by atoms with van der Waals surface area (Å²) < 4.78 is 0. The van der Waals surface area contributed by atoms with E-state index < -0.39 is 0 Å². The van der Waals surface area contributed by atoms with E-state index in [1.165, 1.54) is 5.56 Å². The lowest BCUT2D eigenvalue weighted by Crippen LogP contribution is -2.23. The highest BCUT2D eigenvalue weighted by Crippen LogP contribution is 2.22. The number of rotatable bonds is 12. The van der Waals surface area contributed by atoms with E-state index >= 15 is 0 Å². The summed E-state index contributed by atoms with van der Waals surface area (Å²) >= 11 is 12.1. The SMILES string of the molecule is CCc1ccc(CNC(=O)c2ccnc(Cc3ccc4ncc(Cl)cc4c3)c2)cc1.NCc1ccc(CNC(=O)c2ccnc(Cc3ccc4ncc(Cl)cc4c3)c2)cc1. The summed E-state index contributed by atoms with van der Waals surface area (Å²) in [7, 11) is 0. The Morgan fingerprint density at radius 1 is 0.517 bits per heavy atom. The van der Waals surface area contributed by atoms with E-state index in [1.54, 1.807) is 36.9 Å². The molecule has 8 aromatic rings. The zero-order valence-corrected chi connectivity index (χ0v) is 34.5. The van der Waals surface area contributed by atoms with Gasteiger partial charge in [0.2, 0.25) is 0 Å². The Labute approximate surface area is 359 Å². The van der Waals surface area contributed by atoms with Gasteiger partial charge in [-0.2, -0.15) is 0 Å². The van der Waals surface area contributed by atoms with Gasteiger partial charge in [0.15, 0.2) is 0 Å². The average Bonchev–Trinajstić information content (AvgIpc) is 3.28. The van der Waals surface area contributed by atoms with Gasteiger partial charge >= 0.3 is 0 Å². The van der Waals surface area contributed by atoms with Crippen molar-refractivity contribution in [1.29, 1.82) is 0 Å². The highest BCUT2D eigenvalue weighted by atomic mass is 35.5. The minimum absolute atomic E-state index is 0.104. The first-order valence-corrected chi connectivity index (χ1v) is 20.4. The largest absolute Gasteiger partial charge is 0.348 e. The van der Waals surface area contributed by atoms with E-state index in [9.17, 15) is 9.59 Å². The monoisotopic (exact) mass is 831 g/mol. The van der Waals surface area contributed by atoms with Crippen molar-refractivity contribution in [1.82, 2.24) is 30.6 Å². The van der Waals surface area contributed by atoms with Gasteiger partial charge in [0.25, 0.3) is 11.8 Å². The summed E-state index contributed by atoms with van der Waals surface area (Å²) in [6.45, 7) is 3.59. The molecule has 0 saturated heterocycles. The Morgan fingerprint density at radius 3 is 1.37 bits per heavy atom. The molecule has 0 unspecified atom stereocenters. The number of nitrogens with two attached hydrogens (primary N) is 1. The molecule has 11 heteroatoms. The van der Waals surface area contributed by atoms with Gasteiger partial charge in [0.05, 0.1) is 21.1 Å². The molecule has 9 nitrogen and oxygen atoms in total. The van der Waals surface area contributed by atoms with Crippen molar-refractivity contribution in [2.24, 2.45) is 5.73 Å². The molecule has 60 heavy (non-hydrogen) atoms. The van der Waals surface area contributed by atoms with Crippen LogP contribution in [0.15, 0.2) is 146 Å². The molecule has 2 amide bonds. The van der Waals surface area contributed by atoms with Crippen LogP contribution in [0.3, 0.4) is 0 Å². The number of aryl methyl sites for hydroxylation is 1. The first-order valence-electron chi connectivity index (χ1n) is 19.6. The van der Waals surface area contributed by atoms with Gasteiger partial charge < -0.3 is 16.4 Å². The second kappa shape index (κ2) is 20.0. The third-order valence-corrected chi connectivity index (χ3v) is 10.4. The van der Waals surface area contributed by atoms with Crippen LogP contribution in [-0.4, -0.2) is 31.8 Å². The topological polar surface area (TPSA) is 136 Å². The molecule has 4 N–H and O–H groups in total. The molecule has 0 saturated carbocycles. The molecular weight excluding hydrogens is 789 g/mol. The maximum absolute atomic E-state index is 12.6. The molecule has 0 fully saturated rings. The van der Waals surface area contributed by atoms with Gasteiger partial charge in [-0.3, -0.25) is 29.5 Å². The number of pyridine rings is 4. The first kappa shape index (κ1) is 41.6. The second-order valence-electron chi connectivity index (χ2n) is 14.3. The lowest BCUT2D eigenvalue weighted by Gasteiger charge is -2.08. The van der Waals surface area contributed by atoms with Gasteiger partial charge in [-0.1, -0.05) is 90.8 Å². The quantitative estimate of drug-likeness (QED) is 0.112. The van der Waals surface area contributed by atoms with Crippen LogP contribution < -0.4 is 16.4 Å². The van der Waals surface area contributed by atoms with Crippen molar-refractivity contribution in [3.8, 4) is 0 Å². The molecule has 0 aliphatic carbocycles. The van der Waals surface area contributed by atoms with Gasteiger partial charge in [-0.15, -0.1) is 0 Å². The van der Waals surface area contributed by atoms with Crippen LogP contribution in [0.5, 0.6) is 0 Å². The maximum Gasteiger partial charge on any atom is 0.251 e. The van der Waals surface area contributed by atoms with Crippen molar-refractivity contribution >= 4 is 56.8 Å². The number of hydrogen-bond donors (Lipinski definition) is 3. The van der Waals surface area contributed by atoms with Crippen LogP contribution in [0.1, 0.15) is 72.4 Å². The molecule has 4 heterocycles. The Bertz CT molecular complexity index is 2570. The normalized spacial score (nSPS) is 10.9. The van der Waals surface area contributed by atoms with Crippen LogP contribution in [-0.2, 0) is 38.9 Å². The molecule has 0 spiro atoms. The van der Waals surface area contributed by atoms with E-state index in [-0.39, 0.29) is 11.8 Å². The first-order chi connectivity index (χ1) is 29.2. The predicted octanol–water partition coefficient (Wildman–Crippen LogP) is 9.63. The molecule has 0 atom stereocenters. The number of halogens is 2. The van der Waals surface area contributed by atoms with Crippen LogP contribution in [0.4, 0.5) is 0 Å². The van der Waals surface area contributed by atoms with Gasteiger partial charge in [-0.25, -0.2) is 0 Å². The van der Waals surface area contributed by atoms with E-state index in [2.05, 4.69) is 67.8 Å². The van der Waals surface area contributed by atoms with Gasteiger partial charge in [0, 0.05) is 90.6 Å². The highest BCUT2D eigenvalue weighted by molar-refractivity contribution is 6.31. The summed E-state index contributed by atoms with van der Waals surface area (Å²) in [6.07, 6.45) is 8.88. The van der Waals surface area contributed by atoms with Crippen molar-refractivity contribution < 1.29 is 9.59 Å². The van der Waals surface area contributed by atoms with E-state index in [0.29, 0.717) is 53.6 Å². The number of nitrogens with zero attached hydrogens (tertiary/aromatic N) is 4. The van der Waals surface area contributed by atoms with E-state index in [4.69, 9.17) is 28.9 Å². The Balaban J connectivity index is 0.000000181. The Hall–Kier alpha value is -6.52. The molecular formula is C49H43Cl2N7O2. The molecule has 8 rings (SSSR count). The third kappa shape index (κ3) is 11.4. The van der Waals surface area contributed by atoms with Crippen molar-refractivity contribution in [2.45, 2.75) is 45.8 Å². The summed E-state index contributed by atoms with van der Waals surface area (Å²) in [5.41, 5.74) is 16.9. The lowest BCUT2D eigenvalue weighted by atomic mass is 10.0. The van der Waals surface area contributed by atoms with E-state index in [0.717, 1.165) is 67.4 Å². The van der Waals surface area contributed by atoms with E-state index in [1.807, 2.05) is 78.9 Å². The zero-order chi connectivity index (χ0) is 41.8. The fraction of sp³-hybridized carbons (Fsp3) is 0.143. The van der Waals surface area contributed by atoms with Crippen LogP contribution >= 0.6 is 23.2 Å². The number of nitrogens with one attached hydrogen (secondary N) is 2. The second-order valence-corrected chi connectivity index (χ2v) is 15.2. The third-order valence-electron chi connectivity index (χ3n) is 9.95.